The number of halogens is 1. The Bertz CT molecular complexity index is 1190. The molecule has 7 heteroatoms. The van der Waals surface area contributed by atoms with Crippen LogP contribution in [0.15, 0.2) is 72.8 Å². The van der Waals surface area contributed by atoms with Gasteiger partial charge in [-0.2, -0.15) is 0 Å². The topological polar surface area (TPSA) is 84.1 Å². The minimum absolute atomic E-state index is 0.330. The van der Waals surface area contributed by atoms with E-state index in [-0.39, 0.29) is 0 Å². The Balaban J connectivity index is 1.42. The van der Waals surface area contributed by atoms with Crippen LogP contribution in [0.25, 0.3) is 22.4 Å². The molecule has 2 N–H and O–H groups in total. The zero-order valence-corrected chi connectivity index (χ0v) is 15.9. The Morgan fingerprint density at radius 2 is 1.83 bits per heavy atom. The smallest absolute Gasteiger partial charge is 0.338 e. The number of aromatic nitrogens is 2. The number of carbonyl (C=O) groups is 2. The van der Waals surface area contributed by atoms with Gasteiger partial charge < -0.3 is 15.0 Å². The summed E-state index contributed by atoms with van der Waals surface area (Å²) in [5, 5.41) is 3.13. The number of ether oxygens (including phenoxy) is 1. The second-order valence-electron chi connectivity index (χ2n) is 6.32. The summed E-state index contributed by atoms with van der Waals surface area (Å²) in [5.41, 5.74) is 3.26. The predicted molar refractivity (Wildman–Crippen MR) is 112 cm³/mol. The molecule has 0 aliphatic rings. The molecule has 0 aliphatic carbocycles. The molecule has 4 aromatic rings. The van der Waals surface area contributed by atoms with Crippen LogP contribution in [0.5, 0.6) is 0 Å². The maximum atomic E-state index is 12.3. The average Bonchev–Trinajstić information content (AvgIpc) is 3.16. The Morgan fingerprint density at radius 1 is 1.00 bits per heavy atom. The first-order valence-corrected chi connectivity index (χ1v) is 9.24. The summed E-state index contributed by atoms with van der Waals surface area (Å²) < 4.78 is 5.11. The molecule has 29 heavy (non-hydrogen) atoms. The van der Waals surface area contributed by atoms with Gasteiger partial charge in [-0.25, -0.2) is 9.78 Å². The molecule has 0 radical (unpaired) electrons. The van der Waals surface area contributed by atoms with Crippen LogP contribution in [-0.4, -0.2) is 28.5 Å². The third kappa shape index (κ3) is 4.44. The van der Waals surface area contributed by atoms with Gasteiger partial charge in [0.2, 0.25) is 0 Å². The molecule has 1 amide bonds. The van der Waals surface area contributed by atoms with Crippen molar-refractivity contribution in [2.45, 2.75) is 0 Å². The fourth-order valence-corrected chi connectivity index (χ4v) is 3.04. The van der Waals surface area contributed by atoms with Gasteiger partial charge >= 0.3 is 5.97 Å². The Morgan fingerprint density at radius 3 is 2.62 bits per heavy atom. The molecule has 0 saturated carbocycles. The van der Waals surface area contributed by atoms with E-state index in [4.69, 9.17) is 16.3 Å². The van der Waals surface area contributed by atoms with Crippen molar-refractivity contribution in [2.24, 2.45) is 0 Å². The minimum Gasteiger partial charge on any atom is -0.452 e. The number of rotatable bonds is 5. The summed E-state index contributed by atoms with van der Waals surface area (Å²) in [7, 11) is 0. The normalized spacial score (nSPS) is 10.7. The lowest BCUT2D eigenvalue weighted by Gasteiger charge is -2.07. The lowest BCUT2D eigenvalue weighted by molar-refractivity contribution is -0.119. The number of nitrogens with one attached hydrogen (secondary N) is 2. The molecular formula is C22H16ClN3O3. The number of aromatic amines is 1. The highest BCUT2D eigenvalue weighted by molar-refractivity contribution is 6.30. The van der Waals surface area contributed by atoms with Crippen LogP contribution in [0.2, 0.25) is 5.02 Å². The summed E-state index contributed by atoms with van der Waals surface area (Å²) in [6.07, 6.45) is 0. The highest BCUT2D eigenvalue weighted by Crippen LogP contribution is 2.21. The standard InChI is InChI=1S/C22H16ClN3O3/c23-16-7-4-8-17(12-16)24-20(27)13-29-22(28)15-9-10-18-19(11-15)26-21(25-18)14-5-2-1-3-6-14/h1-12H,13H2,(H,24,27)(H,25,26). The van der Waals surface area contributed by atoms with Gasteiger partial charge in [0.25, 0.3) is 5.91 Å². The van der Waals surface area contributed by atoms with Crippen molar-refractivity contribution in [2.75, 3.05) is 11.9 Å². The van der Waals surface area contributed by atoms with Crippen molar-refractivity contribution in [1.82, 2.24) is 9.97 Å². The number of hydrogen-bond donors (Lipinski definition) is 2. The van der Waals surface area contributed by atoms with E-state index in [2.05, 4.69) is 15.3 Å². The van der Waals surface area contributed by atoms with Crippen LogP contribution >= 0.6 is 11.6 Å². The molecule has 144 valence electrons. The monoisotopic (exact) mass is 405 g/mol. The third-order valence-corrected chi connectivity index (χ3v) is 4.44. The number of nitrogens with zero attached hydrogens (tertiary/aromatic N) is 1. The van der Waals surface area contributed by atoms with Gasteiger partial charge in [-0.05, 0) is 36.4 Å². The van der Waals surface area contributed by atoms with E-state index in [9.17, 15) is 9.59 Å². The number of imidazole rings is 1. The molecule has 0 unspecified atom stereocenters. The number of benzene rings is 3. The lowest BCUT2D eigenvalue weighted by Crippen LogP contribution is -2.20. The zero-order valence-electron chi connectivity index (χ0n) is 15.2. The van der Waals surface area contributed by atoms with Crippen molar-refractivity contribution in [1.29, 1.82) is 0 Å². The molecule has 0 atom stereocenters. The summed E-state index contributed by atoms with van der Waals surface area (Å²) >= 11 is 5.88. The SMILES string of the molecule is O=C(COC(=O)c1ccc2nc(-c3ccccc3)[nH]c2c1)Nc1cccc(Cl)c1. The first-order valence-electron chi connectivity index (χ1n) is 8.86. The number of fused-ring (bicyclic) bond motifs is 1. The van der Waals surface area contributed by atoms with Crippen LogP contribution in [0.3, 0.4) is 0 Å². The van der Waals surface area contributed by atoms with E-state index in [1.165, 1.54) is 0 Å². The molecule has 0 fully saturated rings. The maximum Gasteiger partial charge on any atom is 0.338 e. The van der Waals surface area contributed by atoms with E-state index in [0.29, 0.717) is 27.6 Å². The Labute approximate surface area is 171 Å². The summed E-state index contributed by atoms with van der Waals surface area (Å²) in [6.45, 7) is -0.401. The second kappa shape index (κ2) is 8.16. The van der Waals surface area contributed by atoms with Crippen LogP contribution < -0.4 is 5.32 Å². The van der Waals surface area contributed by atoms with Crippen molar-refractivity contribution in [3.05, 3.63) is 83.4 Å². The van der Waals surface area contributed by atoms with Gasteiger partial charge in [-0.15, -0.1) is 0 Å². The molecule has 0 spiro atoms. The Hall–Kier alpha value is -3.64. The lowest BCUT2D eigenvalue weighted by atomic mass is 10.2. The second-order valence-corrected chi connectivity index (χ2v) is 6.75. The molecule has 1 aromatic heterocycles. The van der Waals surface area contributed by atoms with E-state index < -0.39 is 18.5 Å². The molecule has 0 bridgehead atoms. The molecule has 4 rings (SSSR count). The minimum atomic E-state index is -0.594. The molecule has 6 nitrogen and oxygen atoms in total. The highest BCUT2D eigenvalue weighted by atomic mass is 35.5. The number of hydrogen-bond acceptors (Lipinski definition) is 4. The van der Waals surface area contributed by atoms with Crippen molar-refractivity contribution in [3.8, 4) is 11.4 Å². The number of anilines is 1. The maximum absolute atomic E-state index is 12.3. The quantitative estimate of drug-likeness (QED) is 0.472. The van der Waals surface area contributed by atoms with Crippen LogP contribution in [0, 0.1) is 0 Å². The van der Waals surface area contributed by atoms with E-state index in [0.717, 1.165) is 11.1 Å². The predicted octanol–water partition coefficient (Wildman–Crippen LogP) is 4.68. The van der Waals surface area contributed by atoms with Gasteiger partial charge in [-0.3, -0.25) is 4.79 Å². The van der Waals surface area contributed by atoms with Gasteiger partial charge in [-0.1, -0.05) is 48.0 Å². The van der Waals surface area contributed by atoms with Gasteiger partial charge in [0, 0.05) is 16.3 Å². The number of carbonyl (C=O) groups excluding carboxylic acids is 2. The molecule has 1 heterocycles. The average molecular weight is 406 g/mol. The van der Waals surface area contributed by atoms with Crippen molar-refractivity contribution >= 4 is 40.2 Å². The van der Waals surface area contributed by atoms with Gasteiger partial charge in [0.15, 0.2) is 6.61 Å². The van der Waals surface area contributed by atoms with E-state index >= 15 is 0 Å². The summed E-state index contributed by atoms with van der Waals surface area (Å²) in [4.78, 5) is 32.0. The Kier molecular flexibility index (Phi) is 5.27. The van der Waals surface area contributed by atoms with Gasteiger partial charge in [0.1, 0.15) is 5.82 Å². The fourth-order valence-electron chi connectivity index (χ4n) is 2.85. The number of esters is 1. The van der Waals surface area contributed by atoms with Crippen molar-refractivity contribution in [3.63, 3.8) is 0 Å². The molecular weight excluding hydrogens is 390 g/mol. The molecule has 0 aliphatic heterocycles. The van der Waals surface area contributed by atoms with Crippen LogP contribution in [0.1, 0.15) is 10.4 Å². The summed E-state index contributed by atoms with van der Waals surface area (Å²) in [6, 6.07) is 21.4. The first-order chi connectivity index (χ1) is 14.1. The largest absolute Gasteiger partial charge is 0.452 e. The van der Waals surface area contributed by atoms with Gasteiger partial charge in [0.05, 0.1) is 16.6 Å². The highest BCUT2D eigenvalue weighted by Gasteiger charge is 2.13. The number of H-pyrrole nitrogens is 1. The summed E-state index contributed by atoms with van der Waals surface area (Å²) in [5.74, 6) is -0.328. The van der Waals surface area contributed by atoms with E-state index in [1.54, 1.807) is 42.5 Å². The third-order valence-electron chi connectivity index (χ3n) is 4.21. The van der Waals surface area contributed by atoms with Crippen LogP contribution in [0.4, 0.5) is 5.69 Å². The number of amides is 1. The van der Waals surface area contributed by atoms with Crippen LogP contribution in [-0.2, 0) is 9.53 Å². The first kappa shape index (κ1) is 18.7. The molecule has 0 saturated heterocycles. The fraction of sp³-hybridized carbons (Fsp3) is 0.0455. The molecule has 3 aromatic carbocycles. The van der Waals surface area contributed by atoms with Crippen molar-refractivity contribution < 1.29 is 14.3 Å². The van der Waals surface area contributed by atoms with E-state index in [1.807, 2.05) is 30.3 Å². The zero-order chi connectivity index (χ0) is 20.2.